The Hall–Kier alpha value is -3.13. The molecule has 0 spiro atoms. The zero-order valence-electron chi connectivity index (χ0n) is 16.0. The molecule has 5 nitrogen and oxygen atoms in total. The number of benzene rings is 2. The van der Waals surface area contributed by atoms with Gasteiger partial charge in [-0.25, -0.2) is 13.6 Å². The molecule has 8 heteroatoms. The van der Waals surface area contributed by atoms with E-state index in [4.69, 9.17) is 12.2 Å². The van der Waals surface area contributed by atoms with Crippen LogP contribution >= 0.6 is 12.2 Å². The number of carbonyl (C=O) groups excluding carboxylic acids is 2. The fourth-order valence-corrected chi connectivity index (χ4v) is 3.55. The van der Waals surface area contributed by atoms with E-state index in [1.807, 2.05) is 31.2 Å². The number of hydrogen-bond donors (Lipinski definition) is 1. The zero-order chi connectivity index (χ0) is 21.3. The highest BCUT2D eigenvalue weighted by molar-refractivity contribution is 7.80. The molecule has 3 rings (SSSR count). The summed E-state index contributed by atoms with van der Waals surface area (Å²) in [5.74, 6) is -4.05. The molecule has 0 amide bonds. The molecular formula is C21H18F2N2O3S. The summed E-state index contributed by atoms with van der Waals surface area (Å²) in [6.07, 6.45) is 0. The van der Waals surface area contributed by atoms with Crippen LogP contribution in [0.3, 0.4) is 0 Å². The van der Waals surface area contributed by atoms with Gasteiger partial charge in [-0.15, -0.1) is 0 Å². The quantitative estimate of drug-likeness (QED) is 0.466. The third-order valence-electron chi connectivity index (χ3n) is 4.67. The van der Waals surface area contributed by atoms with Crippen LogP contribution in [-0.2, 0) is 14.3 Å². The van der Waals surface area contributed by atoms with Gasteiger partial charge in [-0.2, -0.15) is 0 Å². The number of carbonyl (C=O) groups is 2. The standard InChI is InChI=1S/C21H18F2N2O3S/c1-11-4-7-14(8-5-11)25-12(2)17(19(26)20(27)28-3)18(24-21(25)29)13-6-9-15(22)16(23)10-13/h4-10,18H,1-3H3,(H,24,29)/t18-/m1/s1. The van der Waals surface area contributed by atoms with E-state index in [9.17, 15) is 18.4 Å². The van der Waals surface area contributed by atoms with Crippen molar-refractivity contribution in [2.24, 2.45) is 0 Å². The van der Waals surface area contributed by atoms with Crippen molar-refractivity contribution < 1.29 is 23.1 Å². The van der Waals surface area contributed by atoms with Crippen LogP contribution in [0.25, 0.3) is 0 Å². The van der Waals surface area contributed by atoms with Crippen LogP contribution < -0.4 is 10.2 Å². The average Bonchev–Trinajstić information content (AvgIpc) is 2.70. The van der Waals surface area contributed by atoms with Gasteiger partial charge in [0.05, 0.1) is 18.7 Å². The predicted molar refractivity (Wildman–Crippen MR) is 108 cm³/mol. The minimum absolute atomic E-state index is 0.0389. The molecule has 0 unspecified atom stereocenters. The van der Waals surface area contributed by atoms with Gasteiger partial charge in [-0.3, -0.25) is 9.69 Å². The monoisotopic (exact) mass is 416 g/mol. The summed E-state index contributed by atoms with van der Waals surface area (Å²) in [5, 5.41) is 3.22. The topological polar surface area (TPSA) is 58.6 Å². The highest BCUT2D eigenvalue weighted by Gasteiger charge is 2.37. The predicted octanol–water partition coefficient (Wildman–Crippen LogP) is 3.73. The summed E-state index contributed by atoms with van der Waals surface area (Å²) in [4.78, 5) is 26.4. The summed E-state index contributed by atoms with van der Waals surface area (Å²) in [7, 11) is 1.10. The largest absolute Gasteiger partial charge is 0.463 e. The summed E-state index contributed by atoms with van der Waals surface area (Å²) >= 11 is 5.47. The maximum Gasteiger partial charge on any atom is 0.379 e. The Bertz CT molecular complexity index is 1030. The maximum atomic E-state index is 13.8. The van der Waals surface area contributed by atoms with Gasteiger partial charge < -0.3 is 10.1 Å². The molecule has 0 fully saturated rings. The normalized spacial score (nSPS) is 16.5. The van der Waals surface area contributed by atoms with Crippen molar-refractivity contribution in [3.63, 3.8) is 0 Å². The molecule has 2 aromatic carbocycles. The zero-order valence-corrected chi connectivity index (χ0v) is 16.8. The fraction of sp³-hybridized carbons (Fsp3) is 0.190. The first-order chi connectivity index (χ1) is 13.7. The van der Waals surface area contributed by atoms with Crippen LogP contribution in [0, 0.1) is 18.6 Å². The lowest BCUT2D eigenvalue weighted by Crippen LogP contribution is -2.48. The lowest BCUT2D eigenvalue weighted by atomic mass is 9.91. The number of esters is 1. The number of allylic oxidation sites excluding steroid dienone is 1. The molecule has 1 aliphatic rings. The number of thiocarbonyl (C=S) groups is 1. The van der Waals surface area contributed by atoms with Gasteiger partial charge >= 0.3 is 5.97 Å². The number of hydrogen-bond acceptors (Lipinski definition) is 4. The molecule has 150 valence electrons. The van der Waals surface area contributed by atoms with Crippen LogP contribution in [0.5, 0.6) is 0 Å². The number of ether oxygens (including phenoxy) is 1. The molecular weight excluding hydrogens is 398 g/mol. The van der Waals surface area contributed by atoms with E-state index < -0.39 is 29.4 Å². The van der Waals surface area contributed by atoms with E-state index in [0.29, 0.717) is 11.4 Å². The van der Waals surface area contributed by atoms with E-state index >= 15 is 0 Å². The number of ketones is 1. The molecule has 1 heterocycles. The van der Waals surface area contributed by atoms with Crippen molar-refractivity contribution in [3.05, 3.63) is 76.5 Å². The SMILES string of the molecule is COC(=O)C(=O)C1=C(C)N(c2ccc(C)cc2)C(=S)N[C@@H]1c1ccc(F)c(F)c1. The van der Waals surface area contributed by atoms with Gasteiger partial charge in [0.15, 0.2) is 16.7 Å². The fourth-order valence-electron chi connectivity index (χ4n) is 3.19. The van der Waals surface area contributed by atoms with Gasteiger partial charge in [0.2, 0.25) is 0 Å². The molecule has 29 heavy (non-hydrogen) atoms. The van der Waals surface area contributed by atoms with Gasteiger partial charge in [-0.05, 0) is 55.9 Å². The number of nitrogens with one attached hydrogen (secondary N) is 1. The van der Waals surface area contributed by atoms with Crippen LogP contribution in [0.2, 0.25) is 0 Å². The van der Waals surface area contributed by atoms with Crippen molar-refractivity contribution in [3.8, 4) is 0 Å². The Morgan fingerprint density at radius 3 is 2.31 bits per heavy atom. The molecule has 2 aromatic rings. The molecule has 1 aliphatic heterocycles. The first-order valence-electron chi connectivity index (χ1n) is 8.70. The molecule has 0 radical (unpaired) electrons. The van der Waals surface area contributed by atoms with Crippen LogP contribution in [0.15, 0.2) is 53.7 Å². The molecule has 0 saturated heterocycles. The lowest BCUT2D eigenvalue weighted by molar-refractivity contribution is -0.150. The number of aryl methyl sites for hydroxylation is 1. The van der Waals surface area contributed by atoms with E-state index in [2.05, 4.69) is 10.1 Å². The second-order valence-corrected chi connectivity index (χ2v) is 6.93. The second-order valence-electron chi connectivity index (χ2n) is 6.55. The Morgan fingerprint density at radius 2 is 1.72 bits per heavy atom. The number of methoxy groups -OCH3 is 1. The number of anilines is 1. The van der Waals surface area contributed by atoms with Crippen molar-refractivity contribution in [1.82, 2.24) is 5.32 Å². The highest BCUT2D eigenvalue weighted by atomic mass is 32.1. The molecule has 0 saturated carbocycles. The maximum absolute atomic E-state index is 13.8. The summed E-state index contributed by atoms with van der Waals surface area (Å²) in [6.45, 7) is 3.57. The smallest absolute Gasteiger partial charge is 0.379 e. The Labute approximate surface area is 172 Å². The third-order valence-corrected chi connectivity index (χ3v) is 4.97. The molecule has 0 aromatic heterocycles. The number of rotatable bonds is 4. The molecule has 1 N–H and O–H groups in total. The van der Waals surface area contributed by atoms with E-state index in [-0.39, 0.29) is 16.2 Å². The van der Waals surface area contributed by atoms with E-state index in [1.54, 1.807) is 11.8 Å². The van der Waals surface area contributed by atoms with Crippen molar-refractivity contribution in [2.45, 2.75) is 19.9 Å². The second kappa shape index (κ2) is 8.08. The van der Waals surface area contributed by atoms with Gasteiger partial charge in [0.25, 0.3) is 5.78 Å². The van der Waals surface area contributed by atoms with Crippen molar-refractivity contribution >= 4 is 34.8 Å². The average molecular weight is 416 g/mol. The van der Waals surface area contributed by atoms with Crippen molar-refractivity contribution in [2.75, 3.05) is 12.0 Å². The number of Topliss-reactive ketones (excluding diaryl/α,β-unsaturated/α-hetero) is 1. The Balaban J connectivity index is 2.18. The molecule has 0 aliphatic carbocycles. The van der Waals surface area contributed by atoms with Crippen LogP contribution in [0.4, 0.5) is 14.5 Å². The minimum Gasteiger partial charge on any atom is -0.463 e. The lowest BCUT2D eigenvalue weighted by Gasteiger charge is -2.37. The van der Waals surface area contributed by atoms with Crippen molar-refractivity contribution in [1.29, 1.82) is 0 Å². The first-order valence-corrected chi connectivity index (χ1v) is 9.11. The third kappa shape index (κ3) is 3.88. The summed E-state index contributed by atoms with van der Waals surface area (Å²) in [6, 6.07) is 9.73. The highest BCUT2D eigenvalue weighted by Crippen LogP contribution is 2.34. The Kier molecular flexibility index (Phi) is 5.74. The molecule has 1 atom stereocenters. The van der Waals surface area contributed by atoms with Crippen LogP contribution in [-0.4, -0.2) is 24.0 Å². The van der Waals surface area contributed by atoms with Gasteiger partial charge in [0.1, 0.15) is 0 Å². The summed E-state index contributed by atoms with van der Waals surface area (Å²) in [5.41, 5.74) is 2.41. The van der Waals surface area contributed by atoms with Gasteiger partial charge in [0, 0.05) is 11.4 Å². The first kappa shape index (κ1) is 20.6. The number of nitrogens with zero attached hydrogens (tertiary/aromatic N) is 1. The van der Waals surface area contributed by atoms with E-state index in [1.165, 1.54) is 6.07 Å². The molecule has 0 bridgehead atoms. The Morgan fingerprint density at radius 1 is 1.07 bits per heavy atom. The van der Waals surface area contributed by atoms with Gasteiger partial charge in [-0.1, -0.05) is 23.8 Å². The number of halogens is 2. The van der Waals surface area contributed by atoms with Crippen LogP contribution in [0.1, 0.15) is 24.1 Å². The minimum atomic E-state index is -1.07. The summed E-state index contributed by atoms with van der Waals surface area (Å²) < 4.78 is 31.8. The van der Waals surface area contributed by atoms with E-state index in [0.717, 1.165) is 24.8 Å².